The van der Waals surface area contributed by atoms with Gasteiger partial charge >= 0.3 is 11.9 Å². The topological polar surface area (TPSA) is 61.8 Å². The monoisotopic (exact) mass is 817 g/mol. The van der Waals surface area contributed by atoms with Crippen molar-refractivity contribution in [2.75, 3.05) is 19.8 Å². The first kappa shape index (κ1) is 56.4. The summed E-state index contributed by atoms with van der Waals surface area (Å²) in [4.78, 5) is 25.4. The molecule has 0 fully saturated rings. The first-order valence-electron chi connectivity index (χ1n) is 25.9. The van der Waals surface area contributed by atoms with Crippen molar-refractivity contribution in [1.82, 2.24) is 0 Å². The Kier molecular flexibility index (Phi) is 48.4. The first-order chi connectivity index (χ1) is 28.6. The SMILES string of the molecule is CCCCCC/C=C\CCCCCCCCOCC(COC(=O)CCCCCCC/C=C\CCCCCCCC)OC(=O)CCCCCCCCCCCCCCC. The van der Waals surface area contributed by atoms with Gasteiger partial charge in [0.05, 0.1) is 6.61 Å². The van der Waals surface area contributed by atoms with Crippen LogP contribution in [0.25, 0.3) is 0 Å². The van der Waals surface area contributed by atoms with Gasteiger partial charge in [0, 0.05) is 19.4 Å². The molecule has 0 saturated heterocycles. The standard InChI is InChI=1S/C53H100O5/c1-4-7-10-13-16-19-22-25-27-29-31-34-37-40-43-46-52(54)57-50-51(49-56-48-45-42-39-36-33-30-26-23-20-17-14-11-8-5-2)58-53(55)47-44-41-38-35-32-28-24-21-18-15-12-9-6-3/h20,23,25,27,51H,4-19,21-22,24,26,28-50H2,1-3H3/b23-20-,27-25-. The number of carbonyl (C=O) groups is 2. The third-order valence-corrected chi connectivity index (χ3v) is 11.5. The number of rotatable bonds is 48. The van der Waals surface area contributed by atoms with E-state index >= 15 is 0 Å². The molecule has 0 radical (unpaired) electrons. The number of hydrogen-bond acceptors (Lipinski definition) is 5. The molecule has 1 atom stereocenters. The second-order valence-electron chi connectivity index (χ2n) is 17.4. The van der Waals surface area contributed by atoms with E-state index in [-0.39, 0.29) is 25.2 Å². The predicted molar refractivity (Wildman–Crippen MR) is 252 cm³/mol. The van der Waals surface area contributed by atoms with E-state index in [0.717, 1.165) is 51.4 Å². The van der Waals surface area contributed by atoms with E-state index in [9.17, 15) is 9.59 Å². The minimum Gasteiger partial charge on any atom is -0.462 e. The highest BCUT2D eigenvalue weighted by atomic mass is 16.6. The molecule has 0 aromatic rings. The van der Waals surface area contributed by atoms with Gasteiger partial charge < -0.3 is 14.2 Å². The lowest BCUT2D eigenvalue weighted by Gasteiger charge is -2.18. The van der Waals surface area contributed by atoms with Crippen LogP contribution in [0.1, 0.15) is 278 Å². The van der Waals surface area contributed by atoms with Gasteiger partial charge in [0.15, 0.2) is 6.10 Å². The fourth-order valence-electron chi connectivity index (χ4n) is 7.56. The molecule has 0 N–H and O–H groups in total. The van der Waals surface area contributed by atoms with E-state index < -0.39 is 6.10 Å². The summed E-state index contributed by atoms with van der Waals surface area (Å²) < 4.78 is 17.4. The van der Waals surface area contributed by atoms with Crippen LogP contribution in [-0.2, 0) is 23.8 Å². The number of unbranched alkanes of at least 4 members (excludes halogenated alkanes) is 33. The highest BCUT2D eigenvalue weighted by Crippen LogP contribution is 2.15. The third kappa shape index (κ3) is 47.1. The van der Waals surface area contributed by atoms with E-state index in [1.54, 1.807) is 0 Å². The summed E-state index contributed by atoms with van der Waals surface area (Å²) in [7, 11) is 0. The predicted octanol–water partition coefficient (Wildman–Crippen LogP) is 17.2. The molecule has 0 aromatic carbocycles. The average Bonchev–Trinajstić information content (AvgIpc) is 3.22. The van der Waals surface area contributed by atoms with E-state index in [1.165, 1.54) is 193 Å². The van der Waals surface area contributed by atoms with Crippen molar-refractivity contribution in [2.45, 2.75) is 284 Å². The fourth-order valence-corrected chi connectivity index (χ4v) is 7.56. The van der Waals surface area contributed by atoms with Crippen LogP contribution in [-0.4, -0.2) is 37.9 Å². The zero-order valence-corrected chi connectivity index (χ0v) is 39.3. The van der Waals surface area contributed by atoms with Gasteiger partial charge in [-0.05, 0) is 70.6 Å². The molecular weight excluding hydrogens is 717 g/mol. The molecule has 342 valence electrons. The van der Waals surface area contributed by atoms with Crippen LogP contribution in [0.5, 0.6) is 0 Å². The van der Waals surface area contributed by atoms with Crippen LogP contribution in [0.2, 0.25) is 0 Å². The van der Waals surface area contributed by atoms with Gasteiger partial charge in [0.1, 0.15) is 6.61 Å². The highest BCUT2D eigenvalue weighted by molar-refractivity contribution is 5.70. The molecule has 5 nitrogen and oxygen atoms in total. The summed E-state index contributed by atoms with van der Waals surface area (Å²) in [6.45, 7) is 7.83. The second kappa shape index (κ2) is 49.7. The number of allylic oxidation sites excluding steroid dienone is 4. The summed E-state index contributed by atoms with van der Waals surface area (Å²) >= 11 is 0. The molecule has 0 rings (SSSR count). The van der Waals surface area contributed by atoms with Crippen molar-refractivity contribution in [3.05, 3.63) is 24.3 Å². The van der Waals surface area contributed by atoms with Crippen LogP contribution >= 0.6 is 0 Å². The number of ether oxygens (including phenoxy) is 3. The van der Waals surface area contributed by atoms with Crippen molar-refractivity contribution >= 4 is 11.9 Å². The lowest BCUT2D eigenvalue weighted by molar-refractivity contribution is -0.163. The maximum absolute atomic E-state index is 12.8. The third-order valence-electron chi connectivity index (χ3n) is 11.5. The molecule has 0 bridgehead atoms. The van der Waals surface area contributed by atoms with Crippen molar-refractivity contribution in [3.63, 3.8) is 0 Å². The van der Waals surface area contributed by atoms with Crippen molar-refractivity contribution in [3.8, 4) is 0 Å². The Balaban J connectivity index is 4.24. The van der Waals surface area contributed by atoms with E-state index in [4.69, 9.17) is 14.2 Å². The normalized spacial score (nSPS) is 12.3. The van der Waals surface area contributed by atoms with Crippen molar-refractivity contribution in [2.24, 2.45) is 0 Å². The number of hydrogen-bond donors (Lipinski definition) is 0. The zero-order valence-electron chi connectivity index (χ0n) is 39.3. The van der Waals surface area contributed by atoms with Gasteiger partial charge in [0.2, 0.25) is 0 Å². The highest BCUT2D eigenvalue weighted by Gasteiger charge is 2.17. The zero-order chi connectivity index (χ0) is 42.1. The van der Waals surface area contributed by atoms with Gasteiger partial charge in [0.25, 0.3) is 0 Å². The van der Waals surface area contributed by atoms with Gasteiger partial charge in [-0.2, -0.15) is 0 Å². The van der Waals surface area contributed by atoms with Crippen molar-refractivity contribution in [1.29, 1.82) is 0 Å². The smallest absolute Gasteiger partial charge is 0.306 e. The van der Waals surface area contributed by atoms with E-state index in [2.05, 4.69) is 45.1 Å². The van der Waals surface area contributed by atoms with Gasteiger partial charge in [-0.1, -0.05) is 218 Å². The average molecular weight is 817 g/mol. The molecule has 0 aliphatic rings. The Morgan fingerprint density at radius 2 is 0.672 bits per heavy atom. The minimum absolute atomic E-state index is 0.0848. The summed E-state index contributed by atoms with van der Waals surface area (Å²) in [5.41, 5.74) is 0. The van der Waals surface area contributed by atoms with Crippen LogP contribution in [0, 0.1) is 0 Å². The number of esters is 2. The van der Waals surface area contributed by atoms with Crippen LogP contribution in [0.15, 0.2) is 24.3 Å². The molecule has 0 saturated carbocycles. The first-order valence-corrected chi connectivity index (χ1v) is 25.9. The quantitative estimate of drug-likeness (QED) is 0.0348. The molecule has 1 unspecified atom stereocenters. The number of carbonyl (C=O) groups excluding carboxylic acids is 2. The maximum atomic E-state index is 12.8. The van der Waals surface area contributed by atoms with Gasteiger partial charge in [-0.15, -0.1) is 0 Å². The Labute approximate surface area is 362 Å². The molecule has 0 aromatic heterocycles. The van der Waals surface area contributed by atoms with Gasteiger partial charge in [-0.3, -0.25) is 9.59 Å². The van der Waals surface area contributed by atoms with Crippen LogP contribution < -0.4 is 0 Å². The molecule has 58 heavy (non-hydrogen) atoms. The second-order valence-corrected chi connectivity index (χ2v) is 17.4. The molecular formula is C53H100O5. The van der Waals surface area contributed by atoms with E-state index in [1.807, 2.05) is 0 Å². The maximum Gasteiger partial charge on any atom is 0.306 e. The Morgan fingerprint density at radius 3 is 1.07 bits per heavy atom. The Morgan fingerprint density at radius 1 is 0.362 bits per heavy atom. The molecule has 0 aliphatic heterocycles. The summed E-state index contributed by atoms with van der Waals surface area (Å²) in [6, 6.07) is 0. The van der Waals surface area contributed by atoms with Crippen LogP contribution in [0.3, 0.4) is 0 Å². The molecule has 0 spiro atoms. The largest absolute Gasteiger partial charge is 0.462 e. The van der Waals surface area contributed by atoms with Gasteiger partial charge in [-0.25, -0.2) is 0 Å². The Hall–Kier alpha value is -1.62. The summed E-state index contributed by atoms with van der Waals surface area (Å²) in [6.07, 6.45) is 57.5. The Bertz CT molecular complexity index is 882. The van der Waals surface area contributed by atoms with Crippen LogP contribution in [0.4, 0.5) is 0 Å². The summed E-state index contributed by atoms with van der Waals surface area (Å²) in [5.74, 6) is -0.394. The van der Waals surface area contributed by atoms with Crippen molar-refractivity contribution < 1.29 is 23.8 Å². The minimum atomic E-state index is -0.535. The molecule has 0 heterocycles. The lowest BCUT2D eigenvalue weighted by atomic mass is 10.0. The summed E-state index contributed by atoms with van der Waals surface area (Å²) in [5, 5.41) is 0. The lowest BCUT2D eigenvalue weighted by Crippen LogP contribution is -2.30. The molecule has 0 aliphatic carbocycles. The fraction of sp³-hybridized carbons (Fsp3) is 0.887. The molecule has 0 amide bonds. The molecule has 5 heteroatoms. The van der Waals surface area contributed by atoms with E-state index in [0.29, 0.717) is 19.4 Å².